The van der Waals surface area contributed by atoms with Crippen molar-refractivity contribution in [1.29, 1.82) is 0 Å². The van der Waals surface area contributed by atoms with Crippen LogP contribution in [0, 0.1) is 5.41 Å². The van der Waals surface area contributed by atoms with Gasteiger partial charge in [0.25, 0.3) is 5.91 Å². The third-order valence-corrected chi connectivity index (χ3v) is 8.95. The Bertz CT molecular complexity index is 1030. The standard InChI is InChI=1S/C23H27IN2O4S/c1-23(2)10-8-18-16(12-23)19(22(28)29)21(31-18)25-20(27)15-6-4-5-7-17(15)30-14-9-11-26(13-14)24-3/h4-7,14H,3,8-13H2,1-2H3,(H,25,27)(H,28,29)/t14-/m1/s1. The number of nitrogens with one attached hydrogen (secondary N) is 1. The predicted molar refractivity (Wildman–Crippen MR) is 133 cm³/mol. The Morgan fingerprint density at radius 2 is 2.13 bits per heavy atom. The molecule has 1 aromatic carbocycles. The number of hydrogen-bond acceptors (Lipinski definition) is 5. The van der Waals surface area contributed by atoms with Crippen LogP contribution in [0.2, 0.25) is 0 Å². The van der Waals surface area contributed by atoms with Crippen LogP contribution in [0.1, 0.15) is 57.8 Å². The number of fused-ring (bicyclic) bond motifs is 1. The molecule has 2 aromatic rings. The first kappa shape index (κ1) is 22.4. The lowest BCUT2D eigenvalue weighted by molar-refractivity contribution is 0.0696. The van der Waals surface area contributed by atoms with E-state index >= 15 is 0 Å². The predicted octanol–water partition coefficient (Wildman–Crippen LogP) is 4.98. The average Bonchev–Trinajstić information content (AvgIpc) is 3.31. The maximum absolute atomic E-state index is 13.2. The zero-order chi connectivity index (χ0) is 22.2. The minimum atomic E-state index is -0.988. The quantitative estimate of drug-likeness (QED) is 0.389. The molecule has 1 aliphatic carbocycles. The molecule has 1 aromatic heterocycles. The summed E-state index contributed by atoms with van der Waals surface area (Å²) in [5.41, 5.74) is 1.60. The number of halogens is 1. The topological polar surface area (TPSA) is 78.9 Å². The van der Waals surface area contributed by atoms with Gasteiger partial charge >= 0.3 is 5.97 Å². The van der Waals surface area contributed by atoms with Crippen LogP contribution in [0.3, 0.4) is 0 Å². The Hall–Kier alpha value is -1.78. The van der Waals surface area contributed by atoms with Crippen molar-refractivity contribution in [2.24, 2.45) is 5.41 Å². The summed E-state index contributed by atoms with van der Waals surface area (Å²) in [6.45, 7) is 6.13. The number of anilines is 1. The molecule has 1 saturated heterocycles. The minimum Gasteiger partial charge on any atom is -0.488 e. The molecule has 0 unspecified atom stereocenters. The first-order valence-corrected chi connectivity index (χ1v) is 13.7. The van der Waals surface area contributed by atoms with Gasteiger partial charge in [-0.05, 0) is 69.8 Å². The van der Waals surface area contributed by atoms with E-state index in [2.05, 4.69) is 26.8 Å². The van der Waals surface area contributed by atoms with Crippen molar-refractivity contribution in [2.75, 3.05) is 18.4 Å². The van der Waals surface area contributed by atoms with Crippen LogP contribution in [0.4, 0.5) is 5.00 Å². The zero-order valence-corrected chi connectivity index (χ0v) is 20.7. The SMILES string of the molecule is C=IN1CC[C@@H](Oc2ccccc2C(=O)Nc2sc3c(c2C(=O)O)CC(C)(C)CC3)C1. The highest BCUT2D eigenvalue weighted by Gasteiger charge is 2.33. The van der Waals surface area contributed by atoms with Crippen molar-refractivity contribution >= 4 is 53.7 Å². The Kier molecular flexibility index (Phi) is 6.50. The monoisotopic (exact) mass is 554 g/mol. The highest BCUT2D eigenvalue weighted by Crippen LogP contribution is 2.44. The van der Waals surface area contributed by atoms with Crippen molar-refractivity contribution < 1.29 is 19.4 Å². The van der Waals surface area contributed by atoms with Gasteiger partial charge in [0.1, 0.15) is 16.9 Å². The first-order valence-electron chi connectivity index (χ1n) is 10.4. The molecule has 4 rings (SSSR count). The van der Waals surface area contributed by atoms with Gasteiger partial charge < -0.3 is 15.2 Å². The van der Waals surface area contributed by atoms with E-state index in [4.69, 9.17) is 4.74 Å². The Morgan fingerprint density at radius 3 is 2.84 bits per heavy atom. The maximum atomic E-state index is 13.2. The van der Waals surface area contributed by atoms with E-state index in [1.54, 1.807) is 18.2 Å². The van der Waals surface area contributed by atoms with Crippen LogP contribution in [0.25, 0.3) is 0 Å². The fraction of sp³-hybridized carbons (Fsp3) is 0.435. The van der Waals surface area contributed by atoms with E-state index in [0.29, 0.717) is 22.7 Å². The number of aromatic carboxylic acids is 1. The summed E-state index contributed by atoms with van der Waals surface area (Å²) in [5, 5.41) is 13.2. The van der Waals surface area contributed by atoms with Gasteiger partial charge in [0.15, 0.2) is 0 Å². The molecule has 1 atom stereocenters. The molecule has 8 heteroatoms. The molecule has 6 nitrogen and oxygen atoms in total. The van der Waals surface area contributed by atoms with Gasteiger partial charge in [-0.1, -0.05) is 30.5 Å². The Morgan fingerprint density at radius 1 is 1.35 bits per heavy atom. The van der Waals surface area contributed by atoms with Crippen LogP contribution >= 0.6 is 32.3 Å². The number of amides is 1. The maximum Gasteiger partial charge on any atom is 0.339 e. The van der Waals surface area contributed by atoms with E-state index < -0.39 is 5.97 Å². The van der Waals surface area contributed by atoms with Crippen molar-refractivity contribution in [3.63, 3.8) is 0 Å². The van der Waals surface area contributed by atoms with E-state index in [-0.39, 0.29) is 44.0 Å². The number of rotatable bonds is 6. The number of hydrogen-bond donors (Lipinski definition) is 2. The van der Waals surface area contributed by atoms with Crippen LogP contribution < -0.4 is 10.1 Å². The molecule has 1 amide bonds. The van der Waals surface area contributed by atoms with Crippen molar-refractivity contribution in [3.05, 3.63) is 45.8 Å². The van der Waals surface area contributed by atoms with E-state index in [0.717, 1.165) is 42.8 Å². The van der Waals surface area contributed by atoms with Crippen LogP contribution in [0.5, 0.6) is 5.75 Å². The van der Waals surface area contributed by atoms with Crippen molar-refractivity contribution in [1.82, 2.24) is 3.11 Å². The van der Waals surface area contributed by atoms with Crippen molar-refractivity contribution in [3.8, 4) is 5.75 Å². The first-order chi connectivity index (χ1) is 14.8. The summed E-state index contributed by atoms with van der Waals surface area (Å²) in [6.07, 6.45) is 3.53. The van der Waals surface area contributed by atoms with Gasteiger partial charge in [0.05, 0.1) is 11.1 Å². The number of aryl methyl sites for hydroxylation is 1. The lowest BCUT2D eigenvalue weighted by atomic mass is 9.76. The highest BCUT2D eigenvalue weighted by molar-refractivity contribution is 14.2. The molecular weight excluding hydrogens is 527 g/mol. The van der Waals surface area contributed by atoms with Gasteiger partial charge in [0, 0.05) is 18.0 Å². The molecule has 1 fully saturated rings. The molecule has 0 spiro atoms. The lowest BCUT2D eigenvalue weighted by Gasteiger charge is -2.29. The largest absolute Gasteiger partial charge is 0.488 e. The lowest BCUT2D eigenvalue weighted by Crippen LogP contribution is -2.23. The second kappa shape index (κ2) is 8.99. The molecule has 1 aliphatic heterocycles. The number of para-hydroxylation sites is 1. The summed E-state index contributed by atoms with van der Waals surface area (Å²) >= 11 is 1.19. The second-order valence-corrected chi connectivity index (χ2v) is 12.0. The van der Waals surface area contributed by atoms with Crippen LogP contribution in [0.15, 0.2) is 24.3 Å². The third kappa shape index (κ3) is 4.85. The fourth-order valence-corrected chi connectivity index (χ4v) is 6.78. The van der Waals surface area contributed by atoms with Gasteiger partial charge in [0.2, 0.25) is 0 Å². The summed E-state index contributed by atoms with van der Waals surface area (Å²) < 4.78 is 12.5. The molecule has 2 heterocycles. The van der Waals surface area contributed by atoms with Gasteiger partial charge in [-0.3, -0.25) is 4.79 Å². The third-order valence-electron chi connectivity index (χ3n) is 5.91. The summed E-state index contributed by atoms with van der Waals surface area (Å²) in [7, 11) is 0. The van der Waals surface area contributed by atoms with Gasteiger partial charge in [-0.25, -0.2) is 7.91 Å². The molecule has 0 saturated carbocycles. The molecule has 2 N–H and O–H groups in total. The zero-order valence-electron chi connectivity index (χ0n) is 17.7. The highest BCUT2D eigenvalue weighted by atomic mass is 127. The van der Waals surface area contributed by atoms with E-state index in [1.807, 2.05) is 6.07 Å². The molecular formula is C23H27IN2O4S. The molecule has 0 radical (unpaired) electrons. The summed E-state index contributed by atoms with van der Waals surface area (Å²) in [6, 6.07) is 7.17. The number of benzene rings is 1. The fourth-order valence-electron chi connectivity index (χ4n) is 4.23. The average molecular weight is 554 g/mol. The van der Waals surface area contributed by atoms with Gasteiger partial charge in [-0.15, -0.1) is 11.3 Å². The normalized spacial score (nSPS) is 20.3. The Balaban J connectivity index is 1.58. The molecule has 166 valence electrons. The smallest absolute Gasteiger partial charge is 0.339 e. The van der Waals surface area contributed by atoms with Gasteiger partial charge in [-0.2, -0.15) is 0 Å². The second-order valence-electron chi connectivity index (χ2n) is 8.82. The van der Waals surface area contributed by atoms with Crippen LogP contribution in [-0.4, -0.2) is 43.8 Å². The molecule has 0 bridgehead atoms. The van der Waals surface area contributed by atoms with E-state index in [9.17, 15) is 14.7 Å². The van der Waals surface area contributed by atoms with Crippen LogP contribution in [-0.2, 0) is 12.8 Å². The van der Waals surface area contributed by atoms with E-state index in [1.165, 1.54) is 11.3 Å². The summed E-state index contributed by atoms with van der Waals surface area (Å²) in [5.74, 6) is -0.790. The summed E-state index contributed by atoms with van der Waals surface area (Å²) in [4.78, 5) is 26.3. The number of ether oxygens (including phenoxy) is 1. The Labute approximate surface area is 196 Å². The molecule has 31 heavy (non-hydrogen) atoms. The molecule has 2 aliphatic rings. The number of carbonyl (C=O) groups is 2. The minimum absolute atomic E-state index is 0.0428. The number of thiophene rings is 1. The number of carbonyl (C=O) groups excluding carboxylic acids is 1. The number of carboxylic acid groups (broad SMARTS) is 1. The number of nitrogens with zero attached hydrogens (tertiary/aromatic N) is 1. The van der Waals surface area contributed by atoms with Crippen molar-refractivity contribution in [2.45, 2.75) is 45.6 Å². The number of carboxylic acids is 1.